The van der Waals surface area contributed by atoms with Crippen molar-refractivity contribution in [3.63, 3.8) is 0 Å². The lowest BCUT2D eigenvalue weighted by Crippen LogP contribution is -2.44. The Hall–Kier alpha value is -1.09. The van der Waals surface area contributed by atoms with Crippen molar-refractivity contribution in [1.82, 2.24) is 9.55 Å². The van der Waals surface area contributed by atoms with E-state index in [4.69, 9.17) is 0 Å². The predicted octanol–water partition coefficient (Wildman–Crippen LogP) is -1.65. The lowest BCUT2D eigenvalue weighted by molar-refractivity contribution is 0.105. The molecule has 2 heterocycles. The van der Waals surface area contributed by atoms with Crippen LogP contribution in [0.3, 0.4) is 0 Å². The minimum atomic E-state index is -1.06. The largest absolute Gasteiger partial charge is 0.395 e. The molecule has 4 N–H and O–H groups in total. The van der Waals surface area contributed by atoms with E-state index in [0.717, 1.165) is 11.8 Å². The molecule has 1 aliphatic rings. The summed E-state index contributed by atoms with van der Waals surface area (Å²) in [7, 11) is 0. The maximum absolute atomic E-state index is 11.9. The van der Waals surface area contributed by atoms with Crippen molar-refractivity contribution >= 4 is 11.8 Å². The van der Waals surface area contributed by atoms with Gasteiger partial charge in [-0.1, -0.05) is 0 Å². The Balaban J connectivity index is 2.52. The van der Waals surface area contributed by atoms with Crippen molar-refractivity contribution in [3.8, 4) is 0 Å². The highest BCUT2D eigenvalue weighted by Gasteiger charge is 2.47. The smallest absolute Gasteiger partial charge is 0.329 e. The van der Waals surface area contributed by atoms with E-state index in [1.54, 1.807) is 6.92 Å². The first kappa shape index (κ1) is 14.3. The quantitative estimate of drug-likeness (QED) is 0.529. The second-order valence-corrected chi connectivity index (χ2v) is 6.26. The van der Waals surface area contributed by atoms with Gasteiger partial charge in [-0.3, -0.25) is 14.3 Å². The van der Waals surface area contributed by atoms with E-state index in [2.05, 4.69) is 4.98 Å². The number of hydrogen-bond donors (Lipinski definition) is 4. The highest BCUT2D eigenvalue weighted by molar-refractivity contribution is 8.01. The summed E-state index contributed by atoms with van der Waals surface area (Å²) in [5, 5.41) is 28.2. The van der Waals surface area contributed by atoms with Crippen molar-refractivity contribution in [2.75, 3.05) is 13.2 Å². The molecule has 0 unspecified atom stereocenters. The van der Waals surface area contributed by atoms with Gasteiger partial charge in [0.25, 0.3) is 5.56 Å². The van der Waals surface area contributed by atoms with E-state index < -0.39 is 27.5 Å². The van der Waals surface area contributed by atoms with Crippen LogP contribution in [0.25, 0.3) is 0 Å². The minimum Gasteiger partial charge on any atom is -0.395 e. The molecule has 1 saturated heterocycles. The summed E-state index contributed by atoms with van der Waals surface area (Å²) in [6.45, 7) is 0.931. The van der Waals surface area contributed by atoms with Crippen molar-refractivity contribution in [1.29, 1.82) is 0 Å². The Morgan fingerprint density at radius 3 is 2.74 bits per heavy atom. The van der Waals surface area contributed by atoms with E-state index in [-0.39, 0.29) is 19.6 Å². The van der Waals surface area contributed by atoms with Crippen LogP contribution in [-0.4, -0.2) is 49.4 Å². The zero-order valence-electron chi connectivity index (χ0n) is 10.4. The number of thioether (sulfide) groups is 1. The van der Waals surface area contributed by atoms with Gasteiger partial charge in [-0.25, -0.2) is 4.79 Å². The third-order valence-corrected chi connectivity index (χ3v) is 5.01. The normalized spacial score (nSPS) is 30.7. The van der Waals surface area contributed by atoms with Gasteiger partial charge in [-0.2, -0.15) is 0 Å². The number of aromatic amines is 1. The molecule has 0 bridgehead atoms. The molecule has 0 aliphatic carbocycles. The second-order valence-electron chi connectivity index (χ2n) is 4.66. The monoisotopic (exact) mass is 288 g/mol. The highest BCUT2D eigenvalue weighted by atomic mass is 32.2. The fourth-order valence-corrected chi connectivity index (χ4v) is 3.71. The molecule has 1 aromatic heterocycles. The van der Waals surface area contributed by atoms with Crippen LogP contribution in [0.4, 0.5) is 0 Å². The number of nitrogens with zero attached hydrogens (tertiary/aromatic N) is 1. The summed E-state index contributed by atoms with van der Waals surface area (Å²) in [6, 6.07) is 0. The summed E-state index contributed by atoms with van der Waals surface area (Å²) < 4.78 is 1.23. The van der Waals surface area contributed by atoms with Crippen molar-refractivity contribution in [2.45, 2.75) is 29.6 Å². The number of aliphatic hydroxyl groups is 3. The van der Waals surface area contributed by atoms with Crippen LogP contribution in [0, 0.1) is 6.92 Å². The highest BCUT2D eigenvalue weighted by Crippen LogP contribution is 2.46. The molecule has 3 atom stereocenters. The zero-order valence-corrected chi connectivity index (χ0v) is 11.2. The van der Waals surface area contributed by atoms with E-state index in [1.165, 1.54) is 10.8 Å². The lowest BCUT2D eigenvalue weighted by atomic mass is 10.1. The van der Waals surface area contributed by atoms with Crippen LogP contribution in [0.1, 0.15) is 12.0 Å². The maximum atomic E-state index is 11.9. The van der Waals surface area contributed by atoms with Gasteiger partial charge in [-0.05, 0) is 6.92 Å². The van der Waals surface area contributed by atoms with Crippen molar-refractivity contribution in [3.05, 3.63) is 32.6 Å². The van der Waals surface area contributed by atoms with Crippen LogP contribution in [-0.2, 0) is 4.87 Å². The first-order valence-corrected chi connectivity index (χ1v) is 6.72. The van der Waals surface area contributed by atoms with Crippen LogP contribution in [0.5, 0.6) is 0 Å². The molecule has 7 nitrogen and oxygen atoms in total. The fourth-order valence-electron chi connectivity index (χ4n) is 2.23. The van der Waals surface area contributed by atoms with Gasteiger partial charge in [0.05, 0.1) is 24.6 Å². The Kier molecular flexibility index (Phi) is 3.86. The predicted molar refractivity (Wildman–Crippen MR) is 70.2 cm³/mol. The standard InChI is InChI=1S/C11H16N2O5S/c1-6-3-13(10(18)12-9(6)17)11(5-15)2-7(16)8(4-14)19-11/h3,7-8,14-16H,2,4-5H2,1H3,(H,12,17,18)/t7-,8+,11-/m0/s1. The molecule has 0 spiro atoms. The van der Waals surface area contributed by atoms with E-state index in [0.29, 0.717) is 5.56 Å². The second kappa shape index (κ2) is 5.12. The summed E-state index contributed by atoms with van der Waals surface area (Å²) in [4.78, 5) is 24.4. The number of aromatic nitrogens is 2. The van der Waals surface area contributed by atoms with Crippen molar-refractivity contribution < 1.29 is 15.3 Å². The van der Waals surface area contributed by atoms with E-state index in [1.807, 2.05) is 0 Å². The number of aliphatic hydroxyl groups excluding tert-OH is 3. The van der Waals surface area contributed by atoms with Crippen LogP contribution in [0.2, 0.25) is 0 Å². The zero-order chi connectivity index (χ0) is 14.2. The third-order valence-electron chi connectivity index (χ3n) is 3.31. The number of aryl methyl sites for hydroxylation is 1. The van der Waals surface area contributed by atoms with Gasteiger partial charge >= 0.3 is 5.69 Å². The van der Waals surface area contributed by atoms with Crippen LogP contribution >= 0.6 is 11.8 Å². The Bertz CT molecular complexity index is 583. The van der Waals surface area contributed by atoms with E-state index >= 15 is 0 Å². The SMILES string of the molecule is Cc1cn([C@@]2(CO)C[C@H](O)[C@@H](CO)S2)c(=O)[nH]c1=O. The molecular weight excluding hydrogens is 272 g/mol. The molecule has 0 radical (unpaired) electrons. The Morgan fingerprint density at radius 2 is 2.21 bits per heavy atom. The van der Waals surface area contributed by atoms with Gasteiger partial charge in [0, 0.05) is 18.2 Å². The molecule has 8 heteroatoms. The number of H-pyrrole nitrogens is 1. The van der Waals surface area contributed by atoms with Gasteiger partial charge in [0.2, 0.25) is 0 Å². The summed E-state index contributed by atoms with van der Waals surface area (Å²) in [5.74, 6) is 0. The molecule has 1 fully saturated rings. The molecule has 0 aromatic carbocycles. The van der Waals surface area contributed by atoms with Gasteiger partial charge in [-0.15, -0.1) is 11.8 Å². The number of nitrogens with one attached hydrogen (secondary N) is 1. The molecule has 1 aliphatic heterocycles. The van der Waals surface area contributed by atoms with Crippen molar-refractivity contribution in [2.24, 2.45) is 0 Å². The summed E-state index contributed by atoms with van der Waals surface area (Å²) in [5.41, 5.74) is -0.769. The first-order chi connectivity index (χ1) is 8.93. The molecular formula is C11H16N2O5S. The average molecular weight is 288 g/mol. The number of rotatable bonds is 3. The summed E-state index contributed by atoms with van der Waals surface area (Å²) in [6.07, 6.45) is 0.683. The molecule has 0 saturated carbocycles. The molecule has 1 aromatic rings. The summed E-state index contributed by atoms with van der Waals surface area (Å²) >= 11 is 1.14. The van der Waals surface area contributed by atoms with Gasteiger partial charge in [0.1, 0.15) is 4.87 Å². The van der Waals surface area contributed by atoms with Gasteiger partial charge < -0.3 is 15.3 Å². The number of hydrogen-bond acceptors (Lipinski definition) is 6. The lowest BCUT2D eigenvalue weighted by Gasteiger charge is -2.28. The maximum Gasteiger partial charge on any atom is 0.329 e. The molecule has 106 valence electrons. The third kappa shape index (κ3) is 2.36. The van der Waals surface area contributed by atoms with E-state index in [9.17, 15) is 24.9 Å². The van der Waals surface area contributed by atoms with Gasteiger partial charge in [0.15, 0.2) is 0 Å². The van der Waals surface area contributed by atoms with Crippen LogP contribution in [0.15, 0.2) is 15.8 Å². The molecule has 0 amide bonds. The topological polar surface area (TPSA) is 116 Å². The Labute approximate surface area is 112 Å². The average Bonchev–Trinajstić information content (AvgIpc) is 2.71. The first-order valence-electron chi connectivity index (χ1n) is 5.84. The Morgan fingerprint density at radius 1 is 1.53 bits per heavy atom. The molecule has 2 rings (SSSR count). The minimum absolute atomic E-state index is 0.130. The fraction of sp³-hybridized carbons (Fsp3) is 0.636. The van der Waals surface area contributed by atoms with Crippen LogP contribution < -0.4 is 11.2 Å². The molecule has 19 heavy (non-hydrogen) atoms.